The van der Waals surface area contributed by atoms with Crippen molar-refractivity contribution in [2.45, 2.75) is 48.6 Å². The zero-order valence-electron chi connectivity index (χ0n) is 9.93. The average Bonchev–Trinajstić information content (AvgIpc) is 2.29. The third kappa shape index (κ3) is 3.71. The Bertz CT molecular complexity index is 247. The van der Waals surface area contributed by atoms with Crippen LogP contribution in [0.3, 0.4) is 0 Å². The second-order valence-electron chi connectivity index (χ2n) is 5.36. The van der Waals surface area contributed by atoms with Gasteiger partial charge in [0, 0.05) is 19.6 Å². The van der Waals surface area contributed by atoms with Crippen LogP contribution in [0.4, 0.5) is 0 Å². The molecule has 3 nitrogen and oxygen atoms in total. The predicted molar refractivity (Wildman–Crippen MR) is 69.7 cm³/mol. The third-order valence-electron chi connectivity index (χ3n) is 3.98. The molecule has 0 spiro atoms. The normalized spacial score (nSPS) is 41.6. The van der Waals surface area contributed by atoms with Gasteiger partial charge in [-0.2, -0.15) is 0 Å². The summed E-state index contributed by atoms with van der Waals surface area (Å²) in [6, 6.07) is 0. The summed E-state index contributed by atoms with van der Waals surface area (Å²) in [5.74, 6) is 0.225. The molecule has 1 saturated carbocycles. The molecule has 100 valence electrons. The van der Waals surface area contributed by atoms with Crippen LogP contribution >= 0.6 is 23.2 Å². The highest BCUT2D eigenvalue weighted by Gasteiger charge is 2.35. The van der Waals surface area contributed by atoms with E-state index in [4.69, 9.17) is 23.2 Å². The molecule has 1 aliphatic heterocycles. The van der Waals surface area contributed by atoms with E-state index in [1.54, 1.807) is 0 Å². The number of hydrogen-bond donors (Lipinski definition) is 2. The summed E-state index contributed by atoms with van der Waals surface area (Å²) in [7, 11) is 0. The summed E-state index contributed by atoms with van der Waals surface area (Å²) in [5, 5.41) is 19.3. The SMILES string of the molecule is OC1CCN(CC2CC(Cl)C(Cl)CC2O)CC1. The van der Waals surface area contributed by atoms with Crippen LogP contribution in [0.25, 0.3) is 0 Å². The zero-order chi connectivity index (χ0) is 12.4. The lowest BCUT2D eigenvalue weighted by molar-refractivity contribution is 0.0270. The van der Waals surface area contributed by atoms with Crippen molar-refractivity contribution < 1.29 is 10.2 Å². The summed E-state index contributed by atoms with van der Waals surface area (Å²) >= 11 is 12.2. The maximum Gasteiger partial charge on any atom is 0.0595 e. The van der Waals surface area contributed by atoms with E-state index < -0.39 is 0 Å². The van der Waals surface area contributed by atoms with Gasteiger partial charge in [-0.05, 0) is 31.6 Å². The van der Waals surface area contributed by atoms with Gasteiger partial charge in [0.05, 0.1) is 23.0 Å². The first-order chi connectivity index (χ1) is 8.06. The van der Waals surface area contributed by atoms with Gasteiger partial charge in [0.1, 0.15) is 0 Å². The molecule has 4 unspecified atom stereocenters. The van der Waals surface area contributed by atoms with E-state index in [0.717, 1.165) is 38.9 Å². The number of piperidine rings is 1. The van der Waals surface area contributed by atoms with Crippen LogP contribution in [0, 0.1) is 5.92 Å². The van der Waals surface area contributed by atoms with Gasteiger partial charge in [-0.3, -0.25) is 0 Å². The monoisotopic (exact) mass is 281 g/mol. The number of aliphatic hydroxyl groups excluding tert-OH is 2. The molecule has 0 amide bonds. The van der Waals surface area contributed by atoms with Gasteiger partial charge in [-0.1, -0.05) is 0 Å². The Kier molecular flexibility index (Phi) is 4.96. The first kappa shape index (κ1) is 13.9. The van der Waals surface area contributed by atoms with Crippen LogP contribution in [0.15, 0.2) is 0 Å². The van der Waals surface area contributed by atoms with E-state index in [1.165, 1.54) is 0 Å². The molecule has 1 heterocycles. The number of aliphatic hydroxyl groups is 2. The molecule has 2 N–H and O–H groups in total. The molecule has 1 aliphatic carbocycles. The highest BCUT2D eigenvalue weighted by molar-refractivity contribution is 6.30. The maximum atomic E-state index is 10.0. The summed E-state index contributed by atoms with van der Waals surface area (Å²) in [6.07, 6.45) is 2.58. The molecule has 2 fully saturated rings. The van der Waals surface area contributed by atoms with E-state index >= 15 is 0 Å². The van der Waals surface area contributed by atoms with Crippen molar-refractivity contribution in [2.24, 2.45) is 5.92 Å². The Labute approximate surface area is 113 Å². The Morgan fingerprint density at radius 1 is 1.00 bits per heavy atom. The molecule has 17 heavy (non-hydrogen) atoms. The molecule has 0 aromatic rings. The van der Waals surface area contributed by atoms with Gasteiger partial charge >= 0.3 is 0 Å². The zero-order valence-corrected chi connectivity index (χ0v) is 11.4. The Balaban J connectivity index is 1.82. The van der Waals surface area contributed by atoms with Crippen LogP contribution in [-0.4, -0.2) is 57.7 Å². The summed E-state index contributed by atoms with van der Waals surface area (Å²) < 4.78 is 0. The van der Waals surface area contributed by atoms with Gasteiger partial charge in [0.15, 0.2) is 0 Å². The first-order valence-corrected chi connectivity index (χ1v) is 7.30. The first-order valence-electron chi connectivity index (χ1n) is 6.43. The molecule has 4 atom stereocenters. The minimum Gasteiger partial charge on any atom is -0.393 e. The second kappa shape index (κ2) is 6.07. The molecule has 1 saturated heterocycles. The van der Waals surface area contributed by atoms with Crippen molar-refractivity contribution >= 4 is 23.2 Å². The van der Waals surface area contributed by atoms with Crippen molar-refractivity contribution in [2.75, 3.05) is 19.6 Å². The topological polar surface area (TPSA) is 43.7 Å². The Morgan fingerprint density at radius 3 is 2.24 bits per heavy atom. The van der Waals surface area contributed by atoms with Crippen LogP contribution in [0.2, 0.25) is 0 Å². The van der Waals surface area contributed by atoms with Crippen molar-refractivity contribution in [3.8, 4) is 0 Å². The third-order valence-corrected chi connectivity index (χ3v) is 5.07. The number of alkyl halides is 2. The number of hydrogen-bond acceptors (Lipinski definition) is 3. The van der Waals surface area contributed by atoms with E-state index in [0.29, 0.717) is 6.42 Å². The highest BCUT2D eigenvalue weighted by Crippen LogP contribution is 2.32. The maximum absolute atomic E-state index is 10.0. The Hall–Kier alpha value is 0.460. The Morgan fingerprint density at radius 2 is 1.59 bits per heavy atom. The summed E-state index contributed by atoms with van der Waals surface area (Å²) in [5.41, 5.74) is 0. The van der Waals surface area contributed by atoms with Crippen molar-refractivity contribution in [1.29, 1.82) is 0 Å². The van der Waals surface area contributed by atoms with Crippen molar-refractivity contribution in [3.05, 3.63) is 0 Å². The van der Waals surface area contributed by atoms with Crippen LogP contribution in [0.5, 0.6) is 0 Å². The smallest absolute Gasteiger partial charge is 0.0595 e. The lowest BCUT2D eigenvalue weighted by atomic mass is 9.85. The van der Waals surface area contributed by atoms with E-state index in [2.05, 4.69) is 4.90 Å². The fraction of sp³-hybridized carbons (Fsp3) is 1.00. The molecule has 5 heteroatoms. The molecular formula is C12H21Cl2NO2. The van der Waals surface area contributed by atoms with E-state index in [-0.39, 0.29) is 28.9 Å². The minimum atomic E-state index is -0.334. The fourth-order valence-electron chi connectivity index (χ4n) is 2.79. The van der Waals surface area contributed by atoms with Gasteiger partial charge in [0.25, 0.3) is 0 Å². The van der Waals surface area contributed by atoms with E-state index in [9.17, 15) is 10.2 Å². The quantitative estimate of drug-likeness (QED) is 0.753. The highest BCUT2D eigenvalue weighted by atomic mass is 35.5. The van der Waals surface area contributed by atoms with Crippen LogP contribution < -0.4 is 0 Å². The lowest BCUT2D eigenvalue weighted by Gasteiger charge is -2.38. The van der Waals surface area contributed by atoms with Crippen LogP contribution in [0.1, 0.15) is 25.7 Å². The molecule has 2 rings (SSSR count). The molecule has 0 aromatic carbocycles. The fourth-order valence-corrected chi connectivity index (χ4v) is 3.41. The van der Waals surface area contributed by atoms with Gasteiger partial charge in [0.2, 0.25) is 0 Å². The minimum absolute atomic E-state index is 0.0274. The molecule has 0 radical (unpaired) electrons. The van der Waals surface area contributed by atoms with Crippen LogP contribution in [-0.2, 0) is 0 Å². The summed E-state index contributed by atoms with van der Waals surface area (Å²) in [4.78, 5) is 2.32. The predicted octanol–water partition coefficient (Wildman–Crippen LogP) is 1.43. The number of nitrogens with zero attached hydrogens (tertiary/aromatic N) is 1. The number of rotatable bonds is 2. The molecule has 0 aromatic heterocycles. The molecular weight excluding hydrogens is 261 g/mol. The van der Waals surface area contributed by atoms with Gasteiger partial charge in [-0.25, -0.2) is 0 Å². The van der Waals surface area contributed by atoms with Crippen molar-refractivity contribution in [3.63, 3.8) is 0 Å². The lowest BCUT2D eigenvalue weighted by Crippen LogP contribution is -2.45. The second-order valence-corrected chi connectivity index (χ2v) is 6.48. The molecule has 0 bridgehead atoms. The number of halogens is 2. The summed E-state index contributed by atoms with van der Waals surface area (Å²) in [6.45, 7) is 2.71. The van der Waals surface area contributed by atoms with Gasteiger partial charge in [-0.15, -0.1) is 23.2 Å². The van der Waals surface area contributed by atoms with Crippen molar-refractivity contribution in [1.82, 2.24) is 4.90 Å². The standard InChI is InChI=1S/C12H21Cl2NO2/c13-10-5-8(12(17)6-11(10)14)7-15-3-1-9(16)2-4-15/h8-12,16-17H,1-7H2. The molecule has 2 aliphatic rings. The van der Waals surface area contributed by atoms with E-state index in [1.807, 2.05) is 0 Å². The van der Waals surface area contributed by atoms with Gasteiger partial charge < -0.3 is 15.1 Å². The largest absolute Gasteiger partial charge is 0.393 e. The average molecular weight is 282 g/mol. The number of likely N-dealkylation sites (tertiary alicyclic amines) is 1.